The van der Waals surface area contributed by atoms with Gasteiger partial charge < -0.3 is 20.9 Å². The Balaban J connectivity index is 1.71. The molecular weight excluding hydrogens is 380 g/mol. The summed E-state index contributed by atoms with van der Waals surface area (Å²) in [5.74, 6) is 1.63. The van der Waals surface area contributed by atoms with Gasteiger partial charge in [0.15, 0.2) is 0 Å². The van der Waals surface area contributed by atoms with E-state index in [9.17, 15) is 4.79 Å². The zero-order valence-electron chi connectivity index (χ0n) is 17.5. The predicted molar refractivity (Wildman–Crippen MR) is 117 cm³/mol. The number of para-hydroxylation sites is 1. The molecule has 30 heavy (non-hydrogen) atoms. The second kappa shape index (κ2) is 8.10. The van der Waals surface area contributed by atoms with Crippen molar-refractivity contribution in [2.75, 3.05) is 42.1 Å². The fourth-order valence-electron chi connectivity index (χ4n) is 3.81. The van der Waals surface area contributed by atoms with Gasteiger partial charge in [0.25, 0.3) is 0 Å². The number of nitrogens with two attached hydrogens (primary N) is 1. The number of pyridine rings is 1. The van der Waals surface area contributed by atoms with Crippen LogP contribution in [0.3, 0.4) is 0 Å². The second-order valence-corrected chi connectivity index (χ2v) is 7.57. The standard InChI is InChI=1S/C21H26N8O/c1-13-5-4-6-16-11-17(14(2)25-21-24-12-23-20(22)27-21)19(26-18(13)16)29-9-7-28(8-10-29)15(3)30/h4-6,11-12,14H,7-10H2,1-3H3,(H3,22,23,24,25,27)/t14-/m0/s1. The molecule has 1 atom stereocenters. The Morgan fingerprint density at radius 2 is 1.93 bits per heavy atom. The van der Waals surface area contributed by atoms with Crippen molar-refractivity contribution in [2.45, 2.75) is 26.8 Å². The van der Waals surface area contributed by atoms with Crippen LogP contribution in [0, 0.1) is 6.92 Å². The molecule has 9 nitrogen and oxygen atoms in total. The first kappa shape index (κ1) is 19.8. The quantitative estimate of drug-likeness (QED) is 0.678. The number of piperazine rings is 1. The highest BCUT2D eigenvalue weighted by Gasteiger charge is 2.24. The van der Waals surface area contributed by atoms with Crippen molar-refractivity contribution >= 4 is 34.5 Å². The number of nitrogen functional groups attached to an aromatic ring is 1. The maximum Gasteiger partial charge on any atom is 0.227 e. The van der Waals surface area contributed by atoms with Crippen LogP contribution in [-0.2, 0) is 4.79 Å². The Bertz CT molecular complexity index is 1080. The molecule has 156 valence electrons. The number of hydrogen-bond donors (Lipinski definition) is 2. The van der Waals surface area contributed by atoms with E-state index >= 15 is 0 Å². The monoisotopic (exact) mass is 406 g/mol. The molecule has 0 bridgehead atoms. The summed E-state index contributed by atoms with van der Waals surface area (Å²) in [6, 6.07) is 8.25. The molecule has 3 aromatic rings. The first-order chi connectivity index (χ1) is 14.4. The van der Waals surface area contributed by atoms with Gasteiger partial charge in [-0.15, -0.1) is 0 Å². The van der Waals surface area contributed by atoms with Gasteiger partial charge in [0.05, 0.1) is 11.6 Å². The highest BCUT2D eigenvalue weighted by molar-refractivity contribution is 5.85. The average Bonchev–Trinajstić information content (AvgIpc) is 2.73. The van der Waals surface area contributed by atoms with E-state index in [4.69, 9.17) is 10.7 Å². The zero-order chi connectivity index (χ0) is 21.3. The summed E-state index contributed by atoms with van der Waals surface area (Å²) >= 11 is 0. The normalized spacial score (nSPS) is 15.3. The van der Waals surface area contributed by atoms with Crippen LogP contribution in [0.25, 0.3) is 10.9 Å². The van der Waals surface area contributed by atoms with E-state index in [0.717, 1.165) is 40.9 Å². The molecule has 2 aromatic heterocycles. The SMILES string of the molecule is CC(=O)N1CCN(c2nc3c(C)cccc3cc2[C@H](C)Nc2ncnc(N)n2)CC1. The first-order valence-electron chi connectivity index (χ1n) is 10.0. The van der Waals surface area contributed by atoms with Crippen LogP contribution < -0.4 is 16.0 Å². The van der Waals surface area contributed by atoms with Crippen LogP contribution in [0.2, 0.25) is 0 Å². The molecular formula is C21H26N8O. The topological polar surface area (TPSA) is 113 Å². The third-order valence-corrected chi connectivity index (χ3v) is 5.48. The number of nitrogens with zero attached hydrogens (tertiary/aromatic N) is 6. The molecule has 1 amide bonds. The number of nitrogens with one attached hydrogen (secondary N) is 1. The lowest BCUT2D eigenvalue weighted by Gasteiger charge is -2.36. The third-order valence-electron chi connectivity index (χ3n) is 5.48. The summed E-state index contributed by atoms with van der Waals surface area (Å²) in [5, 5.41) is 4.39. The fourth-order valence-corrected chi connectivity index (χ4v) is 3.81. The van der Waals surface area contributed by atoms with Gasteiger partial charge in [-0.05, 0) is 25.5 Å². The Labute approximate surface area is 175 Å². The number of fused-ring (bicyclic) bond motifs is 1. The van der Waals surface area contributed by atoms with Crippen LogP contribution in [-0.4, -0.2) is 56.9 Å². The van der Waals surface area contributed by atoms with E-state index in [1.54, 1.807) is 6.92 Å². The van der Waals surface area contributed by atoms with Crippen molar-refractivity contribution in [1.29, 1.82) is 0 Å². The maximum absolute atomic E-state index is 11.7. The minimum absolute atomic E-state index is 0.106. The highest BCUT2D eigenvalue weighted by Crippen LogP contribution is 2.31. The average molecular weight is 406 g/mol. The fraction of sp³-hybridized carbons (Fsp3) is 0.381. The summed E-state index contributed by atoms with van der Waals surface area (Å²) in [7, 11) is 0. The van der Waals surface area contributed by atoms with E-state index in [2.05, 4.69) is 50.3 Å². The molecule has 0 aliphatic carbocycles. The lowest BCUT2D eigenvalue weighted by molar-refractivity contribution is -0.129. The van der Waals surface area contributed by atoms with Gasteiger partial charge in [-0.3, -0.25) is 4.79 Å². The molecule has 3 heterocycles. The van der Waals surface area contributed by atoms with Gasteiger partial charge in [-0.25, -0.2) is 15.0 Å². The zero-order valence-corrected chi connectivity index (χ0v) is 17.5. The Morgan fingerprint density at radius 1 is 1.17 bits per heavy atom. The van der Waals surface area contributed by atoms with Crippen molar-refractivity contribution in [3.63, 3.8) is 0 Å². The van der Waals surface area contributed by atoms with Gasteiger partial charge >= 0.3 is 0 Å². The highest BCUT2D eigenvalue weighted by atomic mass is 16.2. The van der Waals surface area contributed by atoms with E-state index in [-0.39, 0.29) is 17.9 Å². The van der Waals surface area contributed by atoms with Gasteiger partial charge in [-0.1, -0.05) is 18.2 Å². The molecule has 1 aliphatic heterocycles. The number of aromatic nitrogens is 4. The lowest BCUT2D eigenvalue weighted by Crippen LogP contribution is -2.48. The number of carbonyl (C=O) groups is 1. The van der Waals surface area contributed by atoms with E-state index in [1.165, 1.54) is 6.33 Å². The summed E-state index contributed by atoms with van der Waals surface area (Å²) < 4.78 is 0. The Kier molecular flexibility index (Phi) is 5.35. The number of benzene rings is 1. The van der Waals surface area contributed by atoms with Gasteiger partial charge in [0, 0.05) is 44.1 Å². The van der Waals surface area contributed by atoms with Crippen molar-refractivity contribution in [3.8, 4) is 0 Å². The molecule has 0 radical (unpaired) electrons. The molecule has 3 N–H and O–H groups in total. The second-order valence-electron chi connectivity index (χ2n) is 7.57. The minimum Gasteiger partial charge on any atom is -0.368 e. The maximum atomic E-state index is 11.7. The van der Waals surface area contributed by atoms with Crippen LogP contribution in [0.4, 0.5) is 17.7 Å². The van der Waals surface area contributed by atoms with Gasteiger partial charge in [0.2, 0.25) is 17.8 Å². The lowest BCUT2D eigenvalue weighted by atomic mass is 10.0. The third kappa shape index (κ3) is 3.96. The van der Waals surface area contributed by atoms with E-state index < -0.39 is 0 Å². The number of carbonyl (C=O) groups excluding carboxylic acids is 1. The first-order valence-corrected chi connectivity index (χ1v) is 10.0. The van der Waals surface area contributed by atoms with Crippen molar-refractivity contribution in [1.82, 2.24) is 24.8 Å². The minimum atomic E-state index is -0.106. The van der Waals surface area contributed by atoms with Gasteiger partial charge in [0.1, 0.15) is 12.1 Å². The summed E-state index contributed by atoms with van der Waals surface area (Å²) in [6.07, 6.45) is 1.39. The number of amides is 1. The van der Waals surface area contributed by atoms with E-state index in [1.807, 2.05) is 17.9 Å². The molecule has 1 aliphatic rings. The van der Waals surface area contributed by atoms with Crippen LogP contribution >= 0.6 is 0 Å². The van der Waals surface area contributed by atoms with Crippen LogP contribution in [0.5, 0.6) is 0 Å². The van der Waals surface area contributed by atoms with Crippen LogP contribution in [0.1, 0.15) is 31.0 Å². The van der Waals surface area contributed by atoms with Crippen molar-refractivity contribution < 1.29 is 4.79 Å². The van der Waals surface area contributed by atoms with Crippen molar-refractivity contribution in [3.05, 3.63) is 41.7 Å². The van der Waals surface area contributed by atoms with E-state index in [0.29, 0.717) is 19.0 Å². The number of aryl methyl sites for hydroxylation is 1. The van der Waals surface area contributed by atoms with Gasteiger partial charge in [-0.2, -0.15) is 4.98 Å². The molecule has 0 saturated carbocycles. The predicted octanol–water partition coefficient (Wildman–Crippen LogP) is 2.15. The summed E-state index contributed by atoms with van der Waals surface area (Å²) in [5.41, 5.74) is 8.86. The molecule has 1 aromatic carbocycles. The molecule has 0 spiro atoms. The number of anilines is 3. The molecule has 9 heteroatoms. The smallest absolute Gasteiger partial charge is 0.227 e. The molecule has 0 unspecified atom stereocenters. The molecule has 4 rings (SSSR count). The summed E-state index contributed by atoms with van der Waals surface area (Å²) in [4.78, 5) is 33.1. The number of hydrogen-bond acceptors (Lipinski definition) is 8. The summed E-state index contributed by atoms with van der Waals surface area (Å²) in [6.45, 7) is 8.59. The molecule has 1 fully saturated rings. The Morgan fingerprint density at radius 3 is 2.63 bits per heavy atom. The van der Waals surface area contributed by atoms with Crippen molar-refractivity contribution in [2.24, 2.45) is 0 Å². The Hall–Kier alpha value is -3.49. The van der Waals surface area contributed by atoms with Crippen LogP contribution in [0.15, 0.2) is 30.6 Å². The number of rotatable bonds is 4. The largest absolute Gasteiger partial charge is 0.368 e. The molecule has 1 saturated heterocycles.